The SMILES string of the molecule is CC(O)(CNC(=O)c1cccc(=O)[nH]1)CC(=O)O. The van der Waals surface area contributed by atoms with Crippen molar-refractivity contribution >= 4 is 11.9 Å². The van der Waals surface area contributed by atoms with Crippen LogP contribution in [0.5, 0.6) is 0 Å². The second kappa shape index (κ2) is 5.46. The van der Waals surface area contributed by atoms with E-state index in [-0.39, 0.29) is 12.2 Å². The number of hydrogen-bond donors (Lipinski definition) is 4. The fourth-order valence-corrected chi connectivity index (χ4v) is 1.33. The van der Waals surface area contributed by atoms with Crippen molar-refractivity contribution in [2.75, 3.05) is 6.54 Å². The Bertz CT molecular complexity index is 506. The summed E-state index contributed by atoms with van der Waals surface area (Å²) in [6.07, 6.45) is -0.488. The first-order valence-corrected chi connectivity index (χ1v) is 5.22. The summed E-state index contributed by atoms with van der Waals surface area (Å²) < 4.78 is 0. The van der Waals surface area contributed by atoms with Crippen molar-refractivity contribution in [3.8, 4) is 0 Å². The van der Waals surface area contributed by atoms with E-state index in [1.165, 1.54) is 25.1 Å². The van der Waals surface area contributed by atoms with E-state index in [9.17, 15) is 19.5 Å². The van der Waals surface area contributed by atoms with Crippen LogP contribution in [0.25, 0.3) is 0 Å². The van der Waals surface area contributed by atoms with E-state index in [0.717, 1.165) is 0 Å². The molecular weight excluding hydrogens is 240 g/mol. The number of H-pyrrole nitrogens is 1. The summed E-state index contributed by atoms with van der Waals surface area (Å²) in [5.41, 5.74) is -1.91. The Balaban J connectivity index is 2.61. The van der Waals surface area contributed by atoms with Gasteiger partial charge in [-0.1, -0.05) is 6.07 Å². The lowest BCUT2D eigenvalue weighted by Gasteiger charge is -2.21. The fourth-order valence-electron chi connectivity index (χ4n) is 1.33. The number of pyridine rings is 1. The smallest absolute Gasteiger partial charge is 0.306 e. The topological polar surface area (TPSA) is 119 Å². The zero-order chi connectivity index (χ0) is 13.8. The number of aromatic amines is 1. The van der Waals surface area contributed by atoms with Crippen molar-refractivity contribution in [3.05, 3.63) is 34.2 Å². The molecule has 0 fully saturated rings. The van der Waals surface area contributed by atoms with Gasteiger partial charge in [-0.05, 0) is 13.0 Å². The molecule has 1 rings (SSSR count). The van der Waals surface area contributed by atoms with Crippen LogP contribution in [0, 0.1) is 0 Å². The molecule has 0 spiro atoms. The van der Waals surface area contributed by atoms with Gasteiger partial charge in [0.2, 0.25) is 5.56 Å². The molecule has 4 N–H and O–H groups in total. The van der Waals surface area contributed by atoms with E-state index in [0.29, 0.717) is 0 Å². The Morgan fingerprint density at radius 3 is 2.67 bits per heavy atom. The summed E-state index contributed by atoms with van der Waals surface area (Å²) in [7, 11) is 0. The Kier molecular flexibility index (Phi) is 4.22. The molecule has 1 amide bonds. The van der Waals surface area contributed by atoms with Gasteiger partial charge >= 0.3 is 5.97 Å². The van der Waals surface area contributed by atoms with Gasteiger partial charge in [0, 0.05) is 12.6 Å². The summed E-state index contributed by atoms with van der Waals surface area (Å²) in [5.74, 6) is -1.75. The van der Waals surface area contributed by atoms with Gasteiger partial charge in [-0.2, -0.15) is 0 Å². The van der Waals surface area contributed by atoms with Gasteiger partial charge in [0.15, 0.2) is 0 Å². The molecule has 7 nitrogen and oxygen atoms in total. The lowest BCUT2D eigenvalue weighted by atomic mass is 10.0. The minimum atomic E-state index is -1.55. The maximum absolute atomic E-state index is 11.6. The third-order valence-electron chi connectivity index (χ3n) is 2.17. The van der Waals surface area contributed by atoms with Crippen LogP contribution in [0.3, 0.4) is 0 Å². The summed E-state index contributed by atoms with van der Waals surface area (Å²) >= 11 is 0. The monoisotopic (exact) mass is 254 g/mol. The van der Waals surface area contributed by atoms with Gasteiger partial charge in [-0.25, -0.2) is 0 Å². The number of nitrogens with one attached hydrogen (secondary N) is 2. The molecule has 0 saturated carbocycles. The zero-order valence-electron chi connectivity index (χ0n) is 9.77. The third kappa shape index (κ3) is 4.38. The largest absolute Gasteiger partial charge is 0.481 e. The quantitative estimate of drug-likeness (QED) is 0.555. The summed E-state index contributed by atoms with van der Waals surface area (Å²) in [6.45, 7) is 1.07. The first-order valence-electron chi connectivity index (χ1n) is 5.22. The Labute approximate surface area is 102 Å². The number of carbonyl (C=O) groups excluding carboxylic acids is 1. The van der Waals surface area contributed by atoms with Crippen molar-refractivity contribution in [1.82, 2.24) is 10.3 Å². The van der Waals surface area contributed by atoms with Crippen LogP contribution in [-0.4, -0.2) is 39.2 Å². The van der Waals surface area contributed by atoms with Gasteiger partial charge in [0.05, 0.1) is 12.0 Å². The molecule has 7 heteroatoms. The van der Waals surface area contributed by atoms with Crippen LogP contribution in [0.4, 0.5) is 0 Å². The third-order valence-corrected chi connectivity index (χ3v) is 2.17. The van der Waals surface area contributed by atoms with Gasteiger partial charge in [0.25, 0.3) is 5.91 Å². The number of hydrogen-bond acceptors (Lipinski definition) is 4. The first-order chi connectivity index (χ1) is 8.30. The van der Waals surface area contributed by atoms with Crippen molar-refractivity contribution in [1.29, 1.82) is 0 Å². The molecule has 98 valence electrons. The van der Waals surface area contributed by atoms with Crippen molar-refractivity contribution in [2.24, 2.45) is 0 Å². The van der Waals surface area contributed by atoms with E-state index < -0.39 is 29.5 Å². The molecule has 1 heterocycles. The second-order valence-electron chi connectivity index (χ2n) is 4.18. The first kappa shape index (κ1) is 13.9. The molecule has 18 heavy (non-hydrogen) atoms. The Hall–Kier alpha value is -2.15. The summed E-state index contributed by atoms with van der Waals surface area (Å²) in [6, 6.07) is 4.09. The standard InChI is InChI=1S/C11H14N2O5/c1-11(18,5-9(15)16)6-12-10(17)7-3-2-4-8(14)13-7/h2-4,18H,5-6H2,1H3,(H,12,17)(H,13,14)(H,15,16). The highest BCUT2D eigenvalue weighted by Gasteiger charge is 2.25. The highest BCUT2D eigenvalue weighted by Crippen LogP contribution is 2.07. The van der Waals surface area contributed by atoms with Crippen LogP contribution >= 0.6 is 0 Å². The average molecular weight is 254 g/mol. The molecule has 1 aromatic heterocycles. The summed E-state index contributed by atoms with van der Waals surface area (Å²) in [5, 5.41) is 20.6. The van der Waals surface area contributed by atoms with E-state index in [4.69, 9.17) is 5.11 Å². The predicted molar refractivity (Wildman–Crippen MR) is 62.3 cm³/mol. The molecule has 0 aromatic carbocycles. The van der Waals surface area contributed by atoms with Gasteiger partial charge < -0.3 is 20.5 Å². The van der Waals surface area contributed by atoms with Crippen molar-refractivity contribution in [2.45, 2.75) is 18.9 Å². The lowest BCUT2D eigenvalue weighted by Crippen LogP contribution is -2.42. The normalized spacial score (nSPS) is 13.7. The number of carbonyl (C=O) groups is 2. The maximum atomic E-state index is 11.6. The number of aromatic nitrogens is 1. The van der Waals surface area contributed by atoms with Crippen LogP contribution < -0.4 is 10.9 Å². The van der Waals surface area contributed by atoms with E-state index in [1.807, 2.05) is 0 Å². The fraction of sp³-hybridized carbons (Fsp3) is 0.364. The second-order valence-corrected chi connectivity index (χ2v) is 4.18. The molecule has 1 atom stereocenters. The van der Waals surface area contributed by atoms with Gasteiger partial charge in [-0.3, -0.25) is 14.4 Å². The Morgan fingerprint density at radius 1 is 1.44 bits per heavy atom. The molecule has 0 aliphatic carbocycles. The predicted octanol–water partition coefficient (Wildman–Crippen LogP) is -0.670. The number of carboxylic acid groups (broad SMARTS) is 1. The number of rotatable bonds is 5. The molecule has 0 saturated heterocycles. The van der Waals surface area contributed by atoms with Gasteiger partial charge in [-0.15, -0.1) is 0 Å². The molecule has 0 aliphatic rings. The molecule has 1 unspecified atom stereocenters. The molecule has 0 radical (unpaired) electrons. The molecular formula is C11H14N2O5. The van der Waals surface area contributed by atoms with Crippen molar-refractivity contribution in [3.63, 3.8) is 0 Å². The number of aliphatic carboxylic acids is 1. The Morgan fingerprint density at radius 2 is 2.11 bits per heavy atom. The van der Waals surface area contributed by atoms with Crippen LogP contribution in [0.15, 0.2) is 23.0 Å². The number of amides is 1. The highest BCUT2D eigenvalue weighted by molar-refractivity contribution is 5.92. The van der Waals surface area contributed by atoms with Crippen LogP contribution in [-0.2, 0) is 4.79 Å². The minimum Gasteiger partial charge on any atom is -0.481 e. The van der Waals surface area contributed by atoms with E-state index >= 15 is 0 Å². The minimum absolute atomic E-state index is 0.0497. The maximum Gasteiger partial charge on any atom is 0.306 e. The van der Waals surface area contributed by atoms with Crippen molar-refractivity contribution < 1.29 is 19.8 Å². The van der Waals surface area contributed by atoms with E-state index in [1.54, 1.807) is 0 Å². The molecule has 0 bridgehead atoms. The zero-order valence-corrected chi connectivity index (χ0v) is 9.77. The number of carboxylic acids is 1. The van der Waals surface area contributed by atoms with Crippen LogP contribution in [0.2, 0.25) is 0 Å². The molecule has 1 aromatic rings. The average Bonchev–Trinajstić information content (AvgIpc) is 2.24. The highest BCUT2D eigenvalue weighted by atomic mass is 16.4. The number of aliphatic hydroxyl groups is 1. The lowest BCUT2D eigenvalue weighted by molar-refractivity contribution is -0.141. The summed E-state index contributed by atoms with van der Waals surface area (Å²) in [4.78, 5) is 35.3. The van der Waals surface area contributed by atoms with E-state index in [2.05, 4.69) is 10.3 Å². The van der Waals surface area contributed by atoms with Crippen LogP contribution in [0.1, 0.15) is 23.8 Å². The molecule has 0 aliphatic heterocycles. The van der Waals surface area contributed by atoms with Gasteiger partial charge in [0.1, 0.15) is 5.69 Å².